The second-order valence-electron chi connectivity index (χ2n) is 7.38. The largest absolute Gasteiger partial charge is 0.452 e. The van der Waals surface area contributed by atoms with Gasteiger partial charge in [-0.2, -0.15) is 0 Å². The molecule has 142 valence electrons. The van der Waals surface area contributed by atoms with E-state index in [4.69, 9.17) is 9.47 Å². The number of dihydropyridines is 1. The molecule has 27 heavy (non-hydrogen) atoms. The zero-order valence-electron chi connectivity index (χ0n) is 15.2. The number of rotatable bonds is 2. The number of ketones is 1. The van der Waals surface area contributed by atoms with Crippen LogP contribution in [0.1, 0.15) is 38.7 Å². The Hall–Kier alpha value is -1.99. The highest BCUT2D eigenvalue weighted by Gasteiger charge is 2.49. The van der Waals surface area contributed by atoms with Crippen molar-refractivity contribution in [3.63, 3.8) is 0 Å². The van der Waals surface area contributed by atoms with Gasteiger partial charge < -0.3 is 14.8 Å². The van der Waals surface area contributed by atoms with Gasteiger partial charge in [-0.1, -0.05) is 13.0 Å². The molecule has 0 aromatic heterocycles. The molecule has 0 radical (unpaired) electrons. The first kappa shape index (κ1) is 18.4. The van der Waals surface area contributed by atoms with Crippen molar-refractivity contribution in [2.45, 2.75) is 44.8 Å². The van der Waals surface area contributed by atoms with Crippen molar-refractivity contribution in [1.82, 2.24) is 5.32 Å². The maximum atomic E-state index is 13.8. The number of nitrogens with one attached hydrogen (secondary N) is 1. The Morgan fingerprint density at radius 1 is 1.30 bits per heavy atom. The number of Topliss-reactive ketones (excluding diaryl/α,β-unsaturated/α-hetero) is 1. The Kier molecular flexibility index (Phi) is 4.27. The third-order valence-corrected chi connectivity index (χ3v) is 5.89. The van der Waals surface area contributed by atoms with Crippen LogP contribution in [0.25, 0.3) is 0 Å². The number of carbonyl (C=O) groups is 2. The predicted octanol–water partition coefficient (Wildman–Crippen LogP) is 3.50. The van der Waals surface area contributed by atoms with E-state index in [-0.39, 0.29) is 16.9 Å². The van der Waals surface area contributed by atoms with Crippen LogP contribution in [0.15, 0.2) is 45.2 Å². The molecule has 0 bridgehead atoms. The number of ether oxygens (including phenoxy) is 2. The van der Waals surface area contributed by atoms with Gasteiger partial charge in [0.25, 0.3) is 0 Å². The Labute approximate surface area is 164 Å². The lowest BCUT2D eigenvalue weighted by molar-refractivity contribution is -0.140. The maximum Gasteiger partial charge on any atom is 0.337 e. The van der Waals surface area contributed by atoms with Crippen LogP contribution < -0.4 is 5.32 Å². The highest BCUT2D eigenvalue weighted by Crippen LogP contribution is 2.46. The molecule has 0 saturated heterocycles. The Morgan fingerprint density at radius 2 is 2.04 bits per heavy atom. The summed E-state index contributed by atoms with van der Waals surface area (Å²) in [6.07, 6.45) is 0.221. The molecule has 7 heteroatoms. The normalized spacial score (nSPS) is 26.6. The lowest BCUT2D eigenvalue weighted by Crippen LogP contribution is -2.47. The quantitative estimate of drug-likeness (QED) is 0.720. The summed E-state index contributed by atoms with van der Waals surface area (Å²) in [6.45, 7) is 5.58. The van der Waals surface area contributed by atoms with Crippen LogP contribution in [-0.4, -0.2) is 30.1 Å². The number of hydrogen-bond acceptors (Lipinski definition) is 5. The first-order valence-electron chi connectivity index (χ1n) is 8.83. The molecule has 1 N–H and O–H groups in total. The standard InChI is InChI=1S/C20H19BrFNO4/c1-4-13-17-16(19(25)27-13)14(9-5-6-11(22)10(21)7-9)15-12(23-17)8-26-20(2,3)18(15)24/h5-7,13-14,23H,4,8H2,1-3H3/t13-,14+/m0/s1. The molecule has 3 heterocycles. The number of halogens is 2. The minimum atomic E-state index is -0.999. The molecule has 5 nitrogen and oxygen atoms in total. The van der Waals surface area contributed by atoms with Gasteiger partial charge in [0.05, 0.1) is 22.3 Å². The summed E-state index contributed by atoms with van der Waals surface area (Å²) in [5.41, 5.74) is 1.87. The summed E-state index contributed by atoms with van der Waals surface area (Å²) in [5.74, 6) is -1.66. The fourth-order valence-corrected chi connectivity index (χ4v) is 4.24. The van der Waals surface area contributed by atoms with Crippen LogP contribution in [-0.2, 0) is 19.1 Å². The number of benzene rings is 1. The second kappa shape index (κ2) is 6.27. The minimum Gasteiger partial charge on any atom is -0.452 e. The molecule has 1 aromatic carbocycles. The molecule has 2 atom stereocenters. The third kappa shape index (κ3) is 2.75. The van der Waals surface area contributed by atoms with Crippen molar-refractivity contribution in [3.05, 3.63) is 56.6 Å². The molecule has 3 aliphatic heterocycles. The molecule has 0 fully saturated rings. The van der Waals surface area contributed by atoms with E-state index in [0.29, 0.717) is 34.5 Å². The minimum absolute atomic E-state index is 0.194. The molecular formula is C20H19BrFNO4. The average molecular weight is 436 g/mol. The first-order valence-corrected chi connectivity index (χ1v) is 9.62. The van der Waals surface area contributed by atoms with E-state index >= 15 is 0 Å². The van der Waals surface area contributed by atoms with E-state index < -0.39 is 29.4 Å². The fourth-order valence-electron chi connectivity index (χ4n) is 3.84. The zero-order chi connectivity index (χ0) is 19.5. The summed E-state index contributed by atoms with van der Waals surface area (Å²) < 4.78 is 25.3. The van der Waals surface area contributed by atoms with Gasteiger partial charge in [-0.15, -0.1) is 0 Å². The summed E-state index contributed by atoms with van der Waals surface area (Å²) in [7, 11) is 0. The lowest BCUT2D eigenvalue weighted by atomic mass is 9.75. The summed E-state index contributed by atoms with van der Waals surface area (Å²) in [6, 6.07) is 4.55. The van der Waals surface area contributed by atoms with Crippen LogP contribution in [0.2, 0.25) is 0 Å². The van der Waals surface area contributed by atoms with Gasteiger partial charge in [0.2, 0.25) is 0 Å². The molecule has 3 aliphatic rings. The summed E-state index contributed by atoms with van der Waals surface area (Å²) in [5, 5.41) is 3.22. The van der Waals surface area contributed by atoms with Gasteiger partial charge in [0.15, 0.2) is 5.78 Å². The van der Waals surface area contributed by atoms with Crippen LogP contribution in [0, 0.1) is 5.82 Å². The molecule has 0 unspecified atom stereocenters. The average Bonchev–Trinajstić information content (AvgIpc) is 2.95. The van der Waals surface area contributed by atoms with E-state index in [1.807, 2.05) is 6.92 Å². The zero-order valence-corrected chi connectivity index (χ0v) is 16.8. The van der Waals surface area contributed by atoms with Crippen LogP contribution in [0.5, 0.6) is 0 Å². The van der Waals surface area contributed by atoms with Crippen molar-refractivity contribution < 1.29 is 23.5 Å². The Bertz CT molecular complexity index is 934. The van der Waals surface area contributed by atoms with Gasteiger partial charge in [-0.25, -0.2) is 9.18 Å². The Morgan fingerprint density at radius 3 is 2.70 bits per heavy atom. The van der Waals surface area contributed by atoms with Crippen LogP contribution in [0.3, 0.4) is 0 Å². The van der Waals surface area contributed by atoms with Crippen molar-refractivity contribution in [3.8, 4) is 0 Å². The van der Waals surface area contributed by atoms with E-state index in [0.717, 1.165) is 0 Å². The van der Waals surface area contributed by atoms with Crippen LogP contribution >= 0.6 is 15.9 Å². The van der Waals surface area contributed by atoms with Gasteiger partial charge in [-0.05, 0) is 53.9 Å². The van der Waals surface area contributed by atoms with Crippen molar-refractivity contribution in [2.24, 2.45) is 0 Å². The highest BCUT2D eigenvalue weighted by atomic mass is 79.9. The summed E-state index contributed by atoms with van der Waals surface area (Å²) >= 11 is 3.20. The molecule has 4 rings (SSSR count). The van der Waals surface area contributed by atoms with Crippen molar-refractivity contribution in [1.29, 1.82) is 0 Å². The number of esters is 1. The van der Waals surface area contributed by atoms with Gasteiger partial charge in [0, 0.05) is 17.2 Å². The monoisotopic (exact) mass is 435 g/mol. The van der Waals surface area contributed by atoms with Gasteiger partial charge >= 0.3 is 5.97 Å². The van der Waals surface area contributed by atoms with Crippen molar-refractivity contribution in [2.75, 3.05) is 6.61 Å². The topological polar surface area (TPSA) is 64.6 Å². The second-order valence-corrected chi connectivity index (χ2v) is 8.24. The predicted molar refractivity (Wildman–Crippen MR) is 99.2 cm³/mol. The third-order valence-electron chi connectivity index (χ3n) is 5.29. The Balaban J connectivity index is 1.94. The molecular weight excluding hydrogens is 417 g/mol. The first-order chi connectivity index (χ1) is 12.7. The molecule has 0 spiro atoms. The smallest absolute Gasteiger partial charge is 0.337 e. The maximum absolute atomic E-state index is 13.8. The van der Waals surface area contributed by atoms with E-state index in [2.05, 4.69) is 21.2 Å². The molecule has 1 aromatic rings. The van der Waals surface area contributed by atoms with E-state index in [9.17, 15) is 14.0 Å². The van der Waals surface area contributed by atoms with E-state index in [1.165, 1.54) is 6.07 Å². The van der Waals surface area contributed by atoms with Gasteiger partial charge in [0.1, 0.15) is 17.5 Å². The fraction of sp³-hybridized carbons (Fsp3) is 0.400. The number of hydrogen-bond donors (Lipinski definition) is 1. The van der Waals surface area contributed by atoms with E-state index in [1.54, 1.807) is 26.0 Å². The van der Waals surface area contributed by atoms with Gasteiger partial charge in [-0.3, -0.25) is 4.79 Å². The molecule has 0 aliphatic carbocycles. The summed E-state index contributed by atoms with van der Waals surface area (Å²) in [4.78, 5) is 25.9. The number of carbonyl (C=O) groups excluding carboxylic acids is 2. The molecule has 0 amide bonds. The lowest BCUT2D eigenvalue weighted by Gasteiger charge is -2.38. The highest BCUT2D eigenvalue weighted by molar-refractivity contribution is 9.10. The number of cyclic esters (lactones) is 1. The SMILES string of the molecule is CC[C@@H]1OC(=O)C2=C1NC1=C(C(=O)C(C)(C)OC1)[C@H]2c1ccc(F)c(Br)c1. The van der Waals surface area contributed by atoms with Crippen LogP contribution in [0.4, 0.5) is 4.39 Å². The molecule has 0 saturated carbocycles. The van der Waals surface area contributed by atoms with Crippen molar-refractivity contribution >= 4 is 27.7 Å².